The topological polar surface area (TPSA) is 63.5 Å². The highest BCUT2D eigenvalue weighted by molar-refractivity contribution is 5.73. The molecule has 0 saturated heterocycles. The van der Waals surface area contributed by atoms with Crippen LogP contribution in [-0.2, 0) is 13.0 Å². The largest absolute Gasteiger partial charge is 0.469 e. The number of rotatable bonds is 7. The fourth-order valence-corrected chi connectivity index (χ4v) is 2.36. The van der Waals surface area contributed by atoms with Gasteiger partial charge in [-0.05, 0) is 30.3 Å². The SMILES string of the molecule is O=C(NCCc1ccco1)NCc1ccccc1Oc1ccccc1. The van der Waals surface area contributed by atoms with E-state index in [0.717, 1.165) is 22.8 Å². The molecule has 2 aromatic carbocycles. The van der Waals surface area contributed by atoms with Crippen LogP contribution in [0.15, 0.2) is 77.4 Å². The third kappa shape index (κ3) is 5.14. The third-order valence-corrected chi connectivity index (χ3v) is 3.62. The molecule has 0 radical (unpaired) electrons. The average molecular weight is 336 g/mol. The summed E-state index contributed by atoms with van der Waals surface area (Å²) in [6, 6.07) is 20.7. The van der Waals surface area contributed by atoms with E-state index in [4.69, 9.17) is 9.15 Å². The van der Waals surface area contributed by atoms with Gasteiger partial charge in [0.1, 0.15) is 17.3 Å². The van der Waals surface area contributed by atoms with Crippen molar-refractivity contribution in [2.75, 3.05) is 6.54 Å². The monoisotopic (exact) mass is 336 g/mol. The molecule has 0 unspecified atom stereocenters. The van der Waals surface area contributed by atoms with Crippen LogP contribution in [0.4, 0.5) is 4.79 Å². The fourth-order valence-electron chi connectivity index (χ4n) is 2.36. The van der Waals surface area contributed by atoms with Crippen LogP contribution < -0.4 is 15.4 Å². The minimum absolute atomic E-state index is 0.221. The van der Waals surface area contributed by atoms with Crippen molar-refractivity contribution < 1.29 is 13.9 Å². The molecule has 5 nitrogen and oxygen atoms in total. The highest BCUT2D eigenvalue weighted by Crippen LogP contribution is 2.24. The van der Waals surface area contributed by atoms with Gasteiger partial charge in [-0.15, -0.1) is 0 Å². The maximum Gasteiger partial charge on any atom is 0.315 e. The molecule has 25 heavy (non-hydrogen) atoms. The van der Waals surface area contributed by atoms with Gasteiger partial charge >= 0.3 is 6.03 Å². The summed E-state index contributed by atoms with van der Waals surface area (Å²) in [4.78, 5) is 11.9. The first-order valence-electron chi connectivity index (χ1n) is 8.16. The van der Waals surface area contributed by atoms with Crippen molar-refractivity contribution >= 4 is 6.03 Å². The number of nitrogens with one attached hydrogen (secondary N) is 2. The highest BCUT2D eigenvalue weighted by atomic mass is 16.5. The van der Waals surface area contributed by atoms with Crippen molar-refractivity contribution in [3.05, 3.63) is 84.3 Å². The van der Waals surface area contributed by atoms with Gasteiger partial charge < -0.3 is 19.8 Å². The number of benzene rings is 2. The Hall–Kier alpha value is -3.21. The van der Waals surface area contributed by atoms with E-state index in [1.807, 2.05) is 66.7 Å². The molecule has 1 heterocycles. The highest BCUT2D eigenvalue weighted by Gasteiger charge is 2.06. The number of hydrogen-bond acceptors (Lipinski definition) is 3. The van der Waals surface area contributed by atoms with E-state index in [-0.39, 0.29) is 6.03 Å². The molecule has 0 fully saturated rings. The van der Waals surface area contributed by atoms with Crippen LogP contribution in [-0.4, -0.2) is 12.6 Å². The molecule has 3 aromatic rings. The molecule has 0 aliphatic rings. The van der Waals surface area contributed by atoms with Crippen LogP contribution in [0.2, 0.25) is 0 Å². The number of carbonyl (C=O) groups is 1. The summed E-state index contributed by atoms with van der Waals surface area (Å²) in [6.45, 7) is 0.900. The van der Waals surface area contributed by atoms with Crippen molar-refractivity contribution in [3.63, 3.8) is 0 Å². The van der Waals surface area contributed by atoms with E-state index < -0.39 is 0 Å². The molecular formula is C20H20N2O3. The van der Waals surface area contributed by atoms with Gasteiger partial charge in [-0.25, -0.2) is 4.79 Å². The van der Waals surface area contributed by atoms with Gasteiger partial charge in [0, 0.05) is 25.1 Å². The van der Waals surface area contributed by atoms with Crippen molar-refractivity contribution in [1.82, 2.24) is 10.6 Å². The number of hydrogen-bond donors (Lipinski definition) is 2. The summed E-state index contributed by atoms with van der Waals surface area (Å²) < 4.78 is 11.1. The molecule has 2 N–H and O–H groups in total. The minimum Gasteiger partial charge on any atom is -0.469 e. The molecule has 1 aromatic heterocycles. The van der Waals surface area contributed by atoms with E-state index in [2.05, 4.69) is 10.6 Å². The van der Waals surface area contributed by atoms with Crippen LogP contribution in [0.5, 0.6) is 11.5 Å². The Kier molecular flexibility index (Phi) is 5.72. The predicted octanol–water partition coefficient (Wildman–Crippen LogP) is 4.11. The van der Waals surface area contributed by atoms with Gasteiger partial charge in [-0.3, -0.25) is 0 Å². The van der Waals surface area contributed by atoms with E-state index in [1.165, 1.54) is 0 Å². The second-order valence-corrected chi connectivity index (χ2v) is 5.46. The van der Waals surface area contributed by atoms with Gasteiger partial charge in [-0.2, -0.15) is 0 Å². The molecule has 0 saturated carbocycles. The lowest BCUT2D eigenvalue weighted by Gasteiger charge is -2.12. The van der Waals surface area contributed by atoms with Crippen molar-refractivity contribution in [1.29, 1.82) is 0 Å². The first kappa shape index (κ1) is 16.6. The maximum atomic E-state index is 11.9. The smallest absolute Gasteiger partial charge is 0.315 e. The summed E-state index contributed by atoms with van der Waals surface area (Å²) in [5.41, 5.74) is 0.910. The van der Waals surface area contributed by atoms with Gasteiger partial charge in [0.05, 0.1) is 6.26 Å². The Balaban J connectivity index is 1.50. The van der Waals surface area contributed by atoms with Crippen LogP contribution in [0.25, 0.3) is 0 Å². The normalized spacial score (nSPS) is 10.2. The van der Waals surface area contributed by atoms with Crippen LogP contribution in [0.3, 0.4) is 0 Å². The molecule has 0 aliphatic carbocycles. The predicted molar refractivity (Wildman–Crippen MR) is 95.6 cm³/mol. The molecule has 5 heteroatoms. The maximum absolute atomic E-state index is 11.9. The van der Waals surface area contributed by atoms with Gasteiger partial charge in [0.25, 0.3) is 0 Å². The molecular weight excluding hydrogens is 316 g/mol. The Morgan fingerprint density at radius 3 is 2.52 bits per heavy atom. The van der Waals surface area contributed by atoms with E-state index in [1.54, 1.807) is 6.26 Å². The van der Waals surface area contributed by atoms with Crippen molar-refractivity contribution in [2.24, 2.45) is 0 Å². The zero-order valence-corrected chi connectivity index (χ0v) is 13.8. The van der Waals surface area contributed by atoms with Crippen LogP contribution in [0, 0.1) is 0 Å². The first-order valence-corrected chi connectivity index (χ1v) is 8.16. The number of furan rings is 1. The summed E-state index contributed by atoms with van der Waals surface area (Å²) in [6.07, 6.45) is 2.28. The second-order valence-electron chi connectivity index (χ2n) is 5.46. The van der Waals surface area contributed by atoms with E-state index in [9.17, 15) is 4.79 Å². The van der Waals surface area contributed by atoms with Gasteiger partial charge in [0.15, 0.2) is 0 Å². The van der Waals surface area contributed by atoms with Gasteiger partial charge in [-0.1, -0.05) is 36.4 Å². The molecule has 128 valence electrons. The summed E-state index contributed by atoms with van der Waals surface area (Å²) in [7, 11) is 0. The van der Waals surface area contributed by atoms with Gasteiger partial charge in [0.2, 0.25) is 0 Å². The molecule has 0 aliphatic heterocycles. The van der Waals surface area contributed by atoms with Crippen molar-refractivity contribution in [3.8, 4) is 11.5 Å². The number of carbonyl (C=O) groups excluding carboxylic acids is 1. The average Bonchev–Trinajstić information content (AvgIpc) is 3.15. The number of para-hydroxylation sites is 2. The first-order chi connectivity index (χ1) is 12.3. The molecule has 3 rings (SSSR count). The summed E-state index contributed by atoms with van der Waals surface area (Å²) >= 11 is 0. The van der Waals surface area contributed by atoms with Crippen molar-refractivity contribution in [2.45, 2.75) is 13.0 Å². The Morgan fingerprint density at radius 1 is 0.920 bits per heavy atom. The third-order valence-electron chi connectivity index (χ3n) is 3.62. The summed E-state index contributed by atoms with van der Waals surface area (Å²) in [5, 5.41) is 5.65. The number of ether oxygens (including phenoxy) is 1. The van der Waals surface area contributed by atoms with Crippen LogP contribution in [0.1, 0.15) is 11.3 Å². The molecule has 0 spiro atoms. The second kappa shape index (κ2) is 8.59. The van der Waals surface area contributed by atoms with E-state index >= 15 is 0 Å². The lowest BCUT2D eigenvalue weighted by atomic mass is 10.2. The number of amides is 2. The zero-order chi connectivity index (χ0) is 17.3. The molecule has 0 atom stereocenters. The van der Waals surface area contributed by atoms with Crippen LogP contribution >= 0.6 is 0 Å². The summed E-state index contributed by atoms with van der Waals surface area (Å²) in [5.74, 6) is 2.34. The lowest BCUT2D eigenvalue weighted by molar-refractivity contribution is 0.240. The Bertz CT molecular complexity index is 786. The minimum atomic E-state index is -0.221. The zero-order valence-electron chi connectivity index (χ0n) is 13.8. The quantitative estimate of drug-likeness (QED) is 0.682. The molecule has 2 amide bonds. The molecule has 0 bridgehead atoms. The van der Waals surface area contributed by atoms with E-state index in [0.29, 0.717) is 19.5 Å². The standard InChI is InChI=1S/C20H20N2O3/c23-20(21-13-12-17-10-6-14-24-17)22-15-16-7-4-5-11-19(16)25-18-8-2-1-3-9-18/h1-11,14H,12-13,15H2,(H2,21,22,23). The Labute approximate surface area is 146 Å². The fraction of sp³-hybridized carbons (Fsp3) is 0.150. The number of urea groups is 1. The Morgan fingerprint density at radius 2 is 1.72 bits per heavy atom. The lowest BCUT2D eigenvalue weighted by Crippen LogP contribution is -2.36.